The fourth-order valence-corrected chi connectivity index (χ4v) is 3.80. The molecular weight excluding hydrogens is 363 g/mol. The summed E-state index contributed by atoms with van der Waals surface area (Å²) in [6.07, 6.45) is 3.23. The Hall–Kier alpha value is -2.58. The summed E-state index contributed by atoms with van der Waals surface area (Å²) in [5.74, 6) is 0.384. The Morgan fingerprint density at radius 1 is 1.11 bits per heavy atom. The summed E-state index contributed by atoms with van der Waals surface area (Å²) in [7, 11) is 0. The van der Waals surface area contributed by atoms with Crippen LogP contribution in [0.5, 0.6) is 0 Å². The lowest BCUT2D eigenvalue weighted by atomic mass is 10.1. The minimum Gasteiger partial charge on any atom is -0.371 e. The molecule has 1 aromatic carbocycles. The zero-order valence-corrected chi connectivity index (χ0v) is 15.2. The Morgan fingerprint density at radius 3 is 2.68 bits per heavy atom. The van der Waals surface area contributed by atoms with Crippen LogP contribution in [0.15, 0.2) is 36.5 Å². The van der Waals surface area contributed by atoms with Crippen LogP contribution in [0.3, 0.4) is 0 Å². The van der Waals surface area contributed by atoms with E-state index < -0.39 is 0 Å². The van der Waals surface area contributed by atoms with Crippen molar-refractivity contribution in [1.29, 1.82) is 0 Å². The van der Waals surface area contributed by atoms with E-state index in [2.05, 4.69) is 20.6 Å². The first-order valence-corrected chi connectivity index (χ1v) is 9.56. The van der Waals surface area contributed by atoms with Crippen molar-refractivity contribution in [2.24, 2.45) is 5.92 Å². The van der Waals surface area contributed by atoms with Crippen molar-refractivity contribution in [3.05, 3.63) is 42.3 Å². The quantitative estimate of drug-likeness (QED) is 0.817. The molecule has 28 heavy (non-hydrogen) atoms. The minimum atomic E-state index is -0.309. The van der Waals surface area contributed by atoms with Gasteiger partial charge in [0.25, 0.3) is 0 Å². The Morgan fingerprint density at radius 2 is 1.89 bits per heavy atom. The molecule has 3 heterocycles. The molecule has 1 amide bonds. The van der Waals surface area contributed by atoms with Crippen molar-refractivity contribution >= 4 is 11.9 Å². The fourth-order valence-electron chi connectivity index (χ4n) is 3.80. The largest absolute Gasteiger partial charge is 0.371 e. The SMILES string of the molecule is O=C(NC1COC2C(Nc3nccc(-c4cccc(F)c4)n3)COC12)C1CC1. The summed E-state index contributed by atoms with van der Waals surface area (Å²) in [6.45, 7) is 0.884. The molecule has 1 aromatic heterocycles. The van der Waals surface area contributed by atoms with Gasteiger partial charge in [-0.05, 0) is 31.0 Å². The molecule has 2 saturated heterocycles. The predicted molar refractivity (Wildman–Crippen MR) is 99.0 cm³/mol. The summed E-state index contributed by atoms with van der Waals surface area (Å²) < 4.78 is 25.3. The monoisotopic (exact) mass is 384 g/mol. The number of anilines is 1. The second-order valence-electron chi connectivity index (χ2n) is 7.51. The smallest absolute Gasteiger partial charge is 0.223 e. The van der Waals surface area contributed by atoms with Crippen molar-refractivity contribution in [1.82, 2.24) is 15.3 Å². The summed E-state index contributed by atoms with van der Waals surface area (Å²) in [5.41, 5.74) is 1.32. The van der Waals surface area contributed by atoms with E-state index >= 15 is 0 Å². The number of fused-ring (bicyclic) bond motifs is 1. The van der Waals surface area contributed by atoms with Crippen LogP contribution in [0.25, 0.3) is 11.3 Å². The van der Waals surface area contributed by atoms with E-state index in [0.717, 1.165) is 12.8 Å². The van der Waals surface area contributed by atoms with Gasteiger partial charge in [0.05, 0.1) is 31.0 Å². The molecule has 1 saturated carbocycles. The molecule has 3 fully saturated rings. The third-order valence-electron chi connectivity index (χ3n) is 5.42. The molecule has 1 aliphatic carbocycles. The predicted octanol–water partition coefficient (Wildman–Crippen LogP) is 1.76. The van der Waals surface area contributed by atoms with E-state index in [-0.39, 0.29) is 41.9 Å². The van der Waals surface area contributed by atoms with E-state index in [1.807, 2.05) is 0 Å². The highest BCUT2D eigenvalue weighted by Gasteiger charge is 2.49. The molecule has 4 unspecified atom stereocenters. The highest BCUT2D eigenvalue weighted by atomic mass is 19.1. The molecule has 8 heteroatoms. The van der Waals surface area contributed by atoms with Gasteiger partial charge >= 0.3 is 0 Å². The lowest BCUT2D eigenvalue weighted by Crippen LogP contribution is -2.45. The van der Waals surface area contributed by atoms with E-state index in [9.17, 15) is 9.18 Å². The lowest BCUT2D eigenvalue weighted by molar-refractivity contribution is -0.123. The second kappa shape index (κ2) is 7.10. The molecule has 0 spiro atoms. The number of nitrogens with zero attached hydrogens (tertiary/aromatic N) is 2. The number of carbonyl (C=O) groups excluding carboxylic acids is 1. The van der Waals surface area contributed by atoms with E-state index in [4.69, 9.17) is 9.47 Å². The molecule has 4 atom stereocenters. The normalized spacial score (nSPS) is 28.8. The van der Waals surface area contributed by atoms with E-state index in [1.165, 1.54) is 12.1 Å². The number of benzene rings is 1. The molecular formula is C20H21FN4O3. The number of carbonyl (C=O) groups is 1. The Balaban J connectivity index is 1.26. The molecule has 146 valence electrons. The van der Waals surface area contributed by atoms with Gasteiger partial charge in [0.15, 0.2) is 0 Å². The van der Waals surface area contributed by atoms with Crippen LogP contribution >= 0.6 is 0 Å². The highest BCUT2D eigenvalue weighted by Crippen LogP contribution is 2.32. The third-order valence-corrected chi connectivity index (χ3v) is 5.42. The van der Waals surface area contributed by atoms with Crippen LogP contribution in [0.4, 0.5) is 10.3 Å². The number of aromatic nitrogens is 2. The van der Waals surface area contributed by atoms with Crippen molar-refractivity contribution < 1.29 is 18.7 Å². The molecule has 2 aromatic rings. The van der Waals surface area contributed by atoms with Crippen LogP contribution in [-0.2, 0) is 14.3 Å². The van der Waals surface area contributed by atoms with E-state index in [0.29, 0.717) is 30.4 Å². The van der Waals surface area contributed by atoms with Gasteiger partial charge in [0.1, 0.15) is 18.0 Å². The van der Waals surface area contributed by atoms with Gasteiger partial charge in [-0.25, -0.2) is 14.4 Å². The first-order valence-electron chi connectivity index (χ1n) is 9.56. The van der Waals surface area contributed by atoms with Crippen LogP contribution < -0.4 is 10.6 Å². The van der Waals surface area contributed by atoms with Crippen molar-refractivity contribution in [3.8, 4) is 11.3 Å². The first-order chi connectivity index (χ1) is 13.7. The standard InChI is InChI=1S/C20H21FN4O3/c21-13-3-1-2-12(8-13)14-6-7-22-20(24-14)25-16-10-28-17-15(9-27-18(16)17)23-19(26)11-4-5-11/h1-3,6-8,11,15-18H,4-5,9-10H2,(H,23,26)(H,22,24,25). The minimum absolute atomic E-state index is 0.0976. The summed E-state index contributed by atoms with van der Waals surface area (Å²) in [6, 6.07) is 7.79. The number of amides is 1. The number of halogens is 1. The average Bonchev–Trinajstić information content (AvgIpc) is 3.38. The molecule has 3 aliphatic rings. The Labute approximate surface area is 161 Å². The van der Waals surface area contributed by atoms with Gasteiger partial charge in [-0.1, -0.05) is 12.1 Å². The second-order valence-corrected chi connectivity index (χ2v) is 7.51. The van der Waals surface area contributed by atoms with Crippen LogP contribution in [0.2, 0.25) is 0 Å². The topological polar surface area (TPSA) is 85.4 Å². The van der Waals surface area contributed by atoms with Gasteiger partial charge in [0, 0.05) is 17.7 Å². The fraction of sp³-hybridized carbons (Fsp3) is 0.450. The zero-order chi connectivity index (χ0) is 19.1. The van der Waals surface area contributed by atoms with Crippen molar-refractivity contribution in [2.75, 3.05) is 18.5 Å². The Kier molecular flexibility index (Phi) is 4.44. The van der Waals surface area contributed by atoms with Gasteiger partial charge in [-0.3, -0.25) is 4.79 Å². The van der Waals surface area contributed by atoms with Crippen LogP contribution in [0, 0.1) is 11.7 Å². The summed E-state index contributed by atoms with van der Waals surface area (Å²) in [5, 5.41) is 6.32. The van der Waals surface area contributed by atoms with Crippen molar-refractivity contribution in [2.45, 2.75) is 37.1 Å². The number of ether oxygens (including phenoxy) is 2. The molecule has 5 rings (SSSR count). The molecule has 2 aliphatic heterocycles. The van der Waals surface area contributed by atoms with Gasteiger partial charge in [0.2, 0.25) is 11.9 Å². The molecule has 7 nitrogen and oxygen atoms in total. The summed E-state index contributed by atoms with van der Waals surface area (Å²) >= 11 is 0. The van der Waals surface area contributed by atoms with Crippen molar-refractivity contribution in [3.63, 3.8) is 0 Å². The third kappa shape index (κ3) is 3.45. The maximum atomic E-state index is 13.5. The first kappa shape index (κ1) is 17.5. The molecule has 0 bridgehead atoms. The zero-order valence-electron chi connectivity index (χ0n) is 15.2. The molecule has 2 N–H and O–H groups in total. The number of rotatable bonds is 5. The number of hydrogen-bond donors (Lipinski definition) is 2. The van der Waals surface area contributed by atoms with Crippen LogP contribution in [-0.4, -0.2) is 53.4 Å². The maximum absolute atomic E-state index is 13.5. The maximum Gasteiger partial charge on any atom is 0.223 e. The van der Waals surface area contributed by atoms with E-state index in [1.54, 1.807) is 24.4 Å². The Bertz CT molecular complexity index is 891. The van der Waals surface area contributed by atoms with Gasteiger partial charge in [-0.15, -0.1) is 0 Å². The number of nitrogens with one attached hydrogen (secondary N) is 2. The van der Waals surface area contributed by atoms with Crippen LogP contribution in [0.1, 0.15) is 12.8 Å². The lowest BCUT2D eigenvalue weighted by Gasteiger charge is -2.18. The number of hydrogen-bond acceptors (Lipinski definition) is 6. The van der Waals surface area contributed by atoms with Gasteiger partial charge in [-0.2, -0.15) is 0 Å². The van der Waals surface area contributed by atoms with Gasteiger partial charge < -0.3 is 20.1 Å². The average molecular weight is 384 g/mol. The summed E-state index contributed by atoms with van der Waals surface area (Å²) in [4.78, 5) is 20.8. The molecule has 0 radical (unpaired) electrons. The highest BCUT2D eigenvalue weighted by molar-refractivity contribution is 5.81.